The largest absolute Gasteiger partial charge is 0.493 e. The molecule has 1 unspecified atom stereocenters. The van der Waals surface area contributed by atoms with E-state index in [0.29, 0.717) is 23.8 Å². The van der Waals surface area contributed by atoms with Crippen LogP contribution in [-0.2, 0) is 10.0 Å². The SMILES string of the molecule is NS(=O)(=O)c1ccc(NC2CCOc3ccc(Cl)cc32)c([N+](=O)[O-])c1. The molecule has 0 bridgehead atoms. The first-order valence-electron chi connectivity index (χ1n) is 7.26. The summed E-state index contributed by atoms with van der Waals surface area (Å²) in [5.74, 6) is 0.650. The quantitative estimate of drug-likeness (QED) is 0.617. The third-order valence-corrected chi connectivity index (χ3v) is 4.98. The minimum Gasteiger partial charge on any atom is -0.493 e. The van der Waals surface area contributed by atoms with Gasteiger partial charge in [-0.05, 0) is 30.3 Å². The predicted octanol–water partition coefficient (Wildman–Crippen LogP) is 2.83. The normalized spacial score (nSPS) is 16.6. The molecule has 1 heterocycles. The van der Waals surface area contributed by atoms with Gasteiger partial charge in [-0.1, -0.05) is 11.6 Å². The molecule has 3 rings (SSSR count). The minimum atomic E-state index is -4.03. The van der Waals surface area contributed by atoms with Gasteiger partial charge in [-0.25, -0.2) is 13.6 Å². The number of nitro benzene ring substituents is 1. The van der Waals surface area contributed by atoms with E-state index in [2.05, 4.69) is 5.32 Å². The molecule has 1 atom stereocenters. The molecule has 3 N–H and O–H groups in total. The van der Waals surface area contributed by atoms with Crippen LogP contribution in [0.3, 0.4) is 0 Å². The van der Waals surface area contributed by atoms with Crippen LogP contribution in [0, 0.1) is 10.1 Å². The molecular formula is C15H14ClN3O5S. The van der Waals surface area contributed by atoms with E-state index in [1.807, 2.05) is 0 Å². The summed E-state index contributed by atoms with van der Waals surface area (Å²) in [4.78, 5) is 10.3. The molecule has 132 valence electrons. The van der Waals surface area contributed by atoms with Crippen LogP contribution in [0.1, 0.15) is 18.0 Å². The number of hydrogen-bond donors (Lipinski definition) is 2. The number of sulfonamides is 1. The number of primary sulfonamides is 1. The first kappa shape index (κ1) is 17.5. The number of nitrogens with one attached hydrogen (secondary N) is 1. The lowest BCUT2D eigenvalue weighted by molar-refractivity contribution is -0.384. The van der Waals surface area contributed by atoms with E-state index < -0.39 is 14.9 Å². The van der Waals surface area contributed by atoms with Crippen LogP contribution in [0.4, 0.5) is 11.4 Å². The lowest BCUT2D eigenvalue weighted by Gasteiger charge is -2.27. The van der Waals surface area contributed by atoms with E-state index in [-0.39, 0.29) is 22.3 Å². The van der Waals surface area contributed by atoms with Gasteiger partial charge in [0.1, 0.15) is 11.4 Å². The van der Waals surface area contributed by atoms with Crippen molar-refractivity contribution in [3.63, 3.8) is 0 Å². The number of nitro groups is 1. The molecule has 0 saturated heterocycles. The van der Waals surface area contributed by atoms with Gasteiger partial charge in [-0.15, -0.1) is 0 Å². The fourth-order valence-electron chi connectivity index (χ4n) is 2.66. The monoisotopic (exact) mass is 383 g/mol. The maximum Gasteiger partial charge on any atom is 0.293 e. The zero-order valence-corrected chi connectivity index (χ0v) is 14.4. The Labute approximate surface area is 148 Å². The number of fused-ring (bicyclic) bond motifs is 1. The van der Waals surface area contributed by atoms with Gasteiger partial charge in [0.25, 0.3) is 5.69 Å². The van der Waals surface area contributed by atoms with Crippen LogP contribution in [0.15, 0.2) is 41.3 Å². The Kier molecular flexibility index (Phi) is 4.55. The van der Waals surface area contributed by atoms with E-state index >= 15 is 0 Å². The Balaban J connectivity index is 1.99. The molecule has 0 aliphatic carbocycles. The summed E-state index contributed by atoms with van der Waals surface area (Å²) in [5, 5.41) is 20.0. The minimum absolute atomic E-state index is 0.190. The van der Waals surface area contributed by atoms with Crippen LogP contribution < -0.4 is 15.2 Å². The average Bonchev–Trinajstić information content (AvgIpc) is 2.54. The zero-order chi connectivity index (χ0) is 18.2. The molecule has 0 radical (unpaired) electrons. The third kappa shape index (κ3) is 3.68. The second-order valence-corrected chi connectivity index (χ2v) is 7.50. The summed E-state index contributed by atoms with van der Waals surface area (Å²) >= 11 is 6.03. The number of ether oxygens (including phenoxy) is 1. The lowest BCUT2D eigenvalue weighted by Crippen LogP contribution is -2.21. The number of rotatable bonds is 4. The summed E-state index contributed by atoms with van der Waals surface area (Å²) < 4.78 is 28.4. The predicted molar refractivity (Wildman–Crippen MR) is 92.4 cm³/mol. The van der Waals surface area contributed by atoms with Crippen LogP contribution in [0.5, 0.6) is 5.75 Å². The fraction of sp³-hybridized carbons (Fsp3) is 0.200. The van der Waals surface area contributed by atoms with Crippen molar-refractivity contribution >= 4 is 33.0 Å². The summed E-state index contributed by atoms with van der Waals surface area (Å²) in [6.07, 6.45) is 0.571. The number of anilines is 1. The van der Waals surface area contributed by atoms with Crippen LogP contribution >= 0.6 is 11.6 Å². The Morgan fingerprint density at radius 1 is 1.28 bits per heavy atom. The number of nitrogens with zero attached hydrogens (tertiary/aromatic N) is 1. The van der Waals surface area contributed by atoms with Crippen molar-refractivity contribution in [1.82, 2.24) is 0 Å². The number of hydrogen-bond acceptors (Lipinski definition) is 6. The van der Waals surface area contributed by atoms with E-state index in [1.165, 1.54) is 12.1 Å². The zero-order valence-electron chi connectivity index (χ0n) is 12.8. The summed E-state index contributed by atoms with van der Waals surface area (Å²) in [7, 11) is -4.03. The fourth-order valence-corrected chi connectivity index (χ4v) is 3.38. The molecule has 0 spiro atoms. The second-order valence-electron chi connectivity index (χ2n) is 5.50. The highest BCUT2D eigenvalue weighted by Gasteiger charge is 2.25. The van der Waals surface area contributed by atoms with Gasteiger partial charge in [-0.2, -0.15) is 0 Å². The van der Waals surface area contributed by atoms with Gasteiger partial charge in [0, 0.05) is 23.1 Å². The lowest BCUT2D eigenvalue weighted by atomic mass is 10.00. The maximum atomic E-state index is 11.4. The Morgan fingerprint density at radius 3 is 2.72 bits per heavy atom. The molecular weight excluding hydrogens is 370 g/mol. The van der Waals surface area contributed by atoms with Gasteiger partial charge in [0.05, 0.1) is 22.5 Å². The molecule has 0 aromatic heterocycles. The first-order chi connectivity index (χ1) is 11.8. The summed E-state index contributed by atoms with van der Waals surface area (Å²) in [6, 6.07) is 8.41. The molecule has 0 saturated carbocycles. The molecule has 2 aromatic carbocycles. The first-order valence-corrected chi connectivity index (χ1v) is 9.18. The highest BCUT2D eigenvalue weighted by atomic mass is 35.5. The maximum absolute atomic E-state index is 11.4. The number of benzene rings is 2. The van der Waals surface area contributed by atoms with E-state index in [4.69, 9.17) is 21.5 Å². The second kappa shape index (κ2) is 6.51. The number of nitrogens with two attached hydrogens (primary N) is 1. The molecule has 8 nitrogen and oxygen atoms in total. The molecule has 0 amide bonds. The van der Waals surface area contributed by atoms with Gasteiger partial charge in [0.2, 0.25) is 10.0 Å². The van der Waals surface area contributed by atoms with Gasteiger partial charge in [0.15, 0.2) is 0 Å². The standard InChI is InChI=1S/C15H14ClN3O5S/c16-9-1-4-15-11(7-9)12(5-6-24-15)18-13-3-2-10(25(17,22)23)8-14(13)19(20)21/h1-4,7-8,12,18H,5-6H2,(H2,17,22,23). The number of halogens is 1. The molecule has 10 heteroatoms. The smallest absolute Gasteiger partial charge is 0.293 e. The van der Waals surface area contributed by atoms with Crippen molar-refractivity contribution in [1.29, 1.82) is 0 Å². The van der Waals surface area contributed by atoms with E-state index in [9.17, 15) is 18.5 Å². The van der Waals surface area contributed by atoms with Crippen LogP contribution in [0.2, 0.25) is 5.02 Å². The Hall–Kier alpha value is -2.36. The van der Waals surface area contributed by atoms with Crippen molar-refractivity contribution in [2.45, 2.75) is 17.4 Å². The highest BCUT2D eigenvalue weighted by molar-refractivity contribution is 7.89. The van der Waals surface area contributed by atoms with Gasteiger partial charge >= 0.3 is 0 Å². The molecule has 0 fully saturated rings. The average molecular weight is 384 g/mol. The molecule has 2 aromatic rings. The van der Waals surface area contributed by atoms with Crippen molar-refractivity contribution in [3.05, 3.63) is 57.1 Å². The molecule has 1 aliphatic rings. The van der Waals surface area contributed by atoms with Gasteiger partial charge < -0.3 is 10.1 Å². The highest BCUT2D eigenvalue weighted by Crippen LogP contribution is 2.38. The van der Waals surface area contributed by atoms with Crippen molar-refractivity contribution in [3.8, 4) is 5.75 Å². The van der Waals surface area contributed by atoms with Crippen molar-refractivity contribution < 1.29 is 18.1 Å². The van der Waals surface area contributed by atoms with E-state index in [1.54, 1.807) is 18.2 Å². The van der Waals surface area contributed by atoms with Crippen LogP contribution in [0.25, 0.3) is 0 Å². The Morgan fingerprint density at radius 2 is 2.04 bits per heavy atom. The topological polar surface area (TPSA) is 125 Å². The summed E-state index contributed by atoms with van der Waals surface area (Å²) in [5.41, 5.74) is 0.598. The third-order valence-electron chi connectivity index (χ3n) is 3.84. The van der Waals surface area contributed by atoms with E-state index in [0.717, 1.165) is 11.6 Å². The molecule has 25 heavy (non-hydrogen) atoms. The van der Waals surface area contributed by atoms with Gasteiger partial charge in [-0.3, -0.25) is 10.1 Å². The van der Waals surface area contributed by atoms with Crippen LogP contribution in [-0.4, -0.2) is 19.9 Å². The summed E-state index contributed by atoms with van der Waals surface area (Å²) in [6.45, 7) is 0.440. The Bertz CT molecular complexity index is 948. The molecule has 1 aliphatic heterocycles. The van der Waals surface area contributed by atoms with Crippen molar-refractivity contribution in [2.75, 3.05) is 11.9 Å². The van der Waals surface area contributed by atoms with Crippen molar-refractivity contribution in [2.24, 2.45) is 5.14 Å².